The first-order valence-electron chi connectivity index (χ1n) is 17.5. The normalized spacial score (nSPS) is 24.1. The fraction of sp³-hybridized carbons (Fsp3) is 0.818. The summed E-state index contributed by atoms with van der Waals surface area (Å²) in [7, 11) is -5.20. The van der Waals surface area contributed by atoms with Crippen molar-refractivity contribution in [1.82, 2.24) is 0 Å². The van der Waals surface area contributed by atoms with E-state index in [-0.39, 0.29) is 25.7 Å². The minimum Gasteiger partial charge on any atom is -0.478 e. The lowest BCUT2D eigenvalue weighted by Gasteiger charge is -2.41. The predicted octanol–water partition coefficient (Wildman–Crippen LogP) is 2.62. The summed E-state index contributed by atoms with van der Waals surface area (Å²) in [6, 6.07) is 0. The zero-order chi connectivity index (χ0) is 37.5. The number of carbonyl (C=O) groups is 4. The number of hydrogen-bond donors (Lipinski definition) is 7. The van der Waals surface area contributed by atoms with E-state index in [1.165, 1.54) is 51.4 Å². The molecule has 1 saturated carbocycles. The Balaban J connectivity index is 2.58. The lowest BCUT2D eigenvalue weighted by Crippen LogP contribution is -2.64. The molecule has 6 unspecified atom stereocenters. The van der Waals surface area contributed by atoms with Crippen molar-refractivity contribution in [2.75, 3.05) is 13.2 Å². The summed E-state index contributed by atoms with van der Waals surface area (Å²) in [5.74, 6) is -3.36. The average molecular weight is 741 g/mol. The average Bonchev–Trinajstić information content (AvgIpc) is 3.07. The van der Waals surface area contributed by atoms with E-state index in [4.69, 9.17) is 23.6 Å². The zero-order valence-corrected chi connectivity index (χ0v) is 29.8. The van der Waals surface area contributed by atoms with Crippen molar-refractivity contribution in [3.8, 4) is 0 Å². The fourth-order valence-electron chi connectivity index (χ4n) is 5.24. The lowest BCUT2D eigenvalue weighted by atomic mass is 9.85. The van der Waals surface area contributed by atoms with Crippen LogP contribution < -0.4 is 0 Å². The van der Waals surface area contributed by atoms with Crippen LogP contribution in [0.3, 0.4) is 0 Å². The number of carboxylic acid groups (broad SMARTS) is 1. The van der Waals surface area contributed by atoms with Crippen LogP contribution in [0.1, 0.15) is 116 Å². The van der Waals surface area contributed by atoms with E-state index in [1.807, 2.05) is 0 Å². The van der Waals surface area contributed by atoms with E-state index in [2.05, 4.69) is 6.92 Å². The van der Waals surface area contributed by atoms with Gasteiger partial charge in [0.2, 0.25) is 0 Å². The van der Waals surface area contributed by atoms with Gasteiger partial charge in [-0.3, -0.25) is 23.4 Å². The number of ether oxygens (including phenoxy) is 2. The number of allylic oxidation sites excluding steroid dienone is 1. The van der Waals surface area contributed by atoms with Gasteiger partial charge in [0.05, 0.1) is 6.61 Å². The van der Waals surface area contributed by atoms with Crippen LogP contribution in [0.4, 0.5) is 0 Å². The van der Waals surface area contributed by atoms with Crippen LogP contribution in [0.5, 0.6) is 0 Å². The van der Waals surface area contributed by atoms with Gasteiger partial charge in [0.15, 0.2) is 11.9 Å². The summed E-state index contributed by atoms with van der Waals surface area (Å²) >= 11 is 0. The molecule has 8 atom stereocenters. The highest BCUT2D eigenvalue weighted by molar-refractivity contribution is 7.47. The van der Waals surface area contributed by atoms with Crippen LogP contribution in [0, 0.1) is 0 Å². The third kappa shape index (κ3) is 19.9. The van der Waals surface area contributed by atoms with Crippen LogP contribution in [0.2, 0.25) is 0 Å². The van der Waals surface area contributed by atoms with Gasteiger partial charge in [0.1, 0.15) is 43.2 Å². The van der Waals surface area contributed by atoms with Gasteiger partial charge in [-0.2, -0.15) is 0 Å². The van der Waals surface area contributed by atoms with E-state index in [0.29, 0.717) is 12.5 Å². The number of esters is 2. The van der Waals surface area contributed by atoms with Gasteiger partial charge >= 0.3 is 25.7 Å². The summed E-state index contributed by atoms with van der Waals surface area (Å²) in [6.45, 7) is 0.745. The van der Waals surface area contributed by atoms with Gasteiger partial charge < -0.3 is 45.0 Å². The second kappa shape index (κ2) is 25.6. The maximum atomic E-state index is 12.6. The van der Waals surface area contributed by atoms with E-state index < -0.39 is 87.5 Å². The molecule has 0 aromatic carbocycles. The molecule has 50 heavy (non-hydrogen) atoms. The van der Waals surface area contributed by atoms with Gasteiger partial charge in [0, 0.05) is 25.3 Å². The molecule has 0 bridgehead atoms. The maximum Gasteiger partial charge on any atom is 0.472 e. The van der Waals surface area contributed by atoms with Crippen molar-refractivity contribution in [2.45, 2.75) is 159 Å². The lowest BCUT2D eigenvalue weighted by molar-refractivity contribution is -0.220. The van der Waals surface area contributed by atoms with Gasteiger partial charge in [0.25, 0.3) is 0 Å². The molecule has 0 radical (unpaired) electrons. The zero-order valence-electron chi connectivity index (χ0n) is 28.9. The van der Waals surface area contributed by atoms with E-state index in [1.54, 1.807) is 0 Å². The summed E-state index contributed by atoms with van der Waals surface area (Å²) in [5, 5.41) is 58.2. The molecule has 16 nitrogen and oxygen atoms in total. The Morgan fingerprint density at radius 1 is 0.640 bits per heavy atom. The van der Waals surface area contributed by atoms with E-state index in [0.717, 1.165) is 31.8 Å². The van der Waals surface area contributed by atoms with Crippen LogP contribution in [0.15, 0.2) is 12.2 Å². The van der Waals surface area contributed by atoms with Crippen molar-refractivity contribution < 1.29 is 77.8 Å². The number of carbonyl (C=O) groups excluding carboxylic acids is 3. The molecule has 0 spiro atoms. The first-order chi connectivity index (χ1) is 23.7. The Morgan fingerprint density at radius 2 is 1.12 bits per heavy atom. The predicted molar refractivity (Wildman–Crippen MR) is 177 cm³/mol. The molecule has 1 rings (SSSR count). The van der Waals surface area contributed by atoms with E-state index in [9.17, 15) is 54.2 Å². The number of hydrogen-bond acceptors (Lipinski definition) is 14. The van der Waals surface area contributed by atoms with Crippen molar-refractivity contribution in [3.05, 3.63) is 12.2 Å². The highest BCUT2D eigenvalue weighted by Gasteiger charge is 2.51. The monoisotopic (exact) mass is 740 g/mol. The summed E-state index contributed by atoms with van der Waals surface area (Å²) in [6.07, 6.45) is 2.01. The first kappa shape index (κ1) is 45.8. The standard InChI is InChI=1S/C33H57O16P/c1-2-3-4-5-6-7-8-9-10-11-12-13-14-17-26(37)46-21-24(48-27(38)18-15-16-23(34)19-20-25(35)36)22-47-50(44,45)49-33-31(42)29(40)28(39)30(41)32(33)43/h19-20,24,28-33,39-43H,2-18,21-22H2,1H3,(H,35,36)(H,44,45)/b20-19+/t24-,28?,29-,30?,31?,32?,33?/m1/s1. The van der Waals surface area contributed by atoms with Gasteiger partial charge in [-0.25, -0.2) is 9.36 Å². The fourth-order valence-corrected chi connectivity index (χ4v) is 6.22. The third-order valence-electron chi connectivity index (χ3n) is 8.18. The largest absolute Gasteiger partial charge is 0.478 e. The Kier molecular flexibility index (Phi) is 23.5. The number of aliphatic carboxylic acids is 1. The molecular formula is C33H57O16P. The molecule has 1 aliphatic rings. The molecule has 0 aliphatic heterocycles. The number of rotatable bonds is 28. The van der Waals surface area contributed by atoms with Gasteiger partial charge in [-0.05, 0) is 18.9 Å². The summed E-state index contributed by atoms with van der Waals surface area (Å²) < 4.78 is 32.7. The number of unbranched alkanes of at least 4 members (excludes halogenated alkanes) is 12. The Morgan fingerprint density at radius 3 is 1.64 bits per heavy atom. The molecular weight excluding hydrogens is 683 g/mol. The second-order valence-corrected chi connectivity index (χ2v) is 14.0. The van der Waals surface area contributed by atoms with Crippen molar-refractivity contribution in [1.29, 1.82) is 0 Å². The quantitative estimate of drug-likeness (QED) is 0.0263. The van der Waals surface area contributed by atoms with Crippen molar-refractivity contribution in [2.24, 2.45) is 0 Å². The maximum absolute atomic E-state index is 12.6. The summed E-state index contributed by atoms with van der Waals surface area (Å²) in [4.78, 5) is 57.3. The molecule has 0 aromatic heterocycles. The minimum absolute atomic E-state index is 0.0242. The molecule has 7 N–H and O–H groups in total. The second-order valence-electron chi connectivity index (χ2n) is 12.6. The number of aliphatic hydroxyl groups excluding tert-OH is 5. The topological polar surface area (TPSA) is 264 Å². The van der Waals surface area contributed by atoms with Gasteiger partial charge in [-0.1, -0.05) is 84.0 Å². The first-order valence-corrected chi connectivity index (χ1v) is 19.0. The van der Waals surface area contributed by atoms with Crippen LogP contribution >= 0.6 is 7.82 Å². The van der Waals surface area contributed by atoms with Gasteiger partial charge in [-0.15, -0.1) is 0 Å². The van der Waals surface area contributed by atoms with Crippen LogP contribution in [-0.2, 0) is 42.3 Å². The third-order valence-corrected chi connectivity index (χ3v) is 9.17. The molecule has 0 amide bonds. The van der Waals surface area contributed by atoms with Crippen LogP contribution in [0.25, 0.3) is 0 Å². The smallest absolute Gasteiger partial charge is 0.472 e. The number of carboxylic acids is 1. The molecule has 1 aliphatic carbocycles. The Hall–Kier alpha value is -2.27. The van der Waals surface area contributed by atoms with Crippen molar-refractivity contribution in [3.63, 3.8) is 0 Å². The molecule has 17 heteroatoms. The number of phosphoric ester groups is 1. The molecule has 1 fully saturated rings. The number of phosphoric acid groups is 1. The SMILES string of the molecule is CCCCCCCCCCCCCCCC(=O)OC[C@H](COP(=O)(O)OC1C(O)C(O)C(O)[C@@H](O)C1O)OC(=O)CCCC(=O)/C=C/C(=O)O. The Bertz CT molecular complexity index is 1070. The molecule has 0 saturated heterocycles. The number of aliphatic hydroxyl groups is 5. The molecule has 0 aromatic rings. The number of ketones is 1. The van der Waals surface area contributed by atoms with Crippen LogP contribution in [-0.4, -0.2) is 115 Å². The molecule has 0 heterocycles. The highest BCUT2D eigenvalue weighted by Crippen LogP contribution is 2.47. The molecule has 290 valence electrons. The Labute approximate surface area is 293 Å². The van der Waals surface area contributed by atoms with Crippen molar-refractivity contribution >= 4 is 31.5 Å². The van der Waals surface area contributed by atoms with E-state index >= 15 is 0 Å². The minimum atomic E-state index is -5.20. The highest BCUT2D eigenvalue weighted by atomic mass is 31.2. The summed E-state index contributed by atoms with van der Waals surface area (Å²) in [5.41, 5.74) is 0.